The molecule has 0 radical (unpaired) electrons. The van der Waals surface area contributed by atoms with Gasteiger partial charge in [-0.05, 0) is 36.5 Å². The quantitative estimate of drug-likeness (QED) is 0.726. The van der Waals surface area contributed by atoms with Crippen molar-refractivity contribution in [3.63, 3.8) is 0 Å². The Morgan fingerprint density at radius 1 is 1.24 bits per heavy atom. The van der Waals surface area contributed by atoms with Gasteiger partial charge in [0.05, 0.1) is 5.69 Å². The van der Waals surface area contributed by atoms with Gasteiger partial charge < -0.3 is 16.0 Å². The van der Waals surface area contributed by atoms with Crippen molar-refractivity contribution in [2.45, 2.75) is 12.8 Å². The number of benzene rings is 1. The fourth-order valence-corrected chi connectivity index (χ4v) is 2.83. The van der Waals surface area contributed by atoms with E-state index in [0.29, 0.717) is 16.8 Å². The van der Waals surface area contributed by atoms with E-state index in [0.717, 1.165) is 39.0 Å². The maximum absolute atomic E-state index is 13.8. The number of halogens is 1. The first-order chi connectivity index (χ1) is 8.19. The van der Waals surface area contributed by atoms with Gasteiger partial charge in [-0.25, -0.2) is 4.39 Å². The molecule has 2 aliphatic rings. The summed E-state index contributed by atoms with van der Waals surface area (Å²) in [7, 11) is 0. The molecule has 2 saturated heterocycles. The minimum Gasteiger partial charge on any atom is -0.399 e. The molecular weight excluding hydrogens is 217 g/mol. The first-order valence-corrected chi connectivity index (χ1v) is 6.19. The van der Waals surface area contributed by atoms with Crippen LogP contribution in [0.2, 0.25) is 0 Å². The SMILES string of the molecule is Nc1ccc(N2CCC3(CC2)CNC3)c(F)c1. The zero-order valence-electron chi connectivity index (χ0n) is 9.88. The highest BCUT2D eigenvalue weighted by molar-refractivity contribution is 5.54. The number of nitrogen functional groups attached to an aromatic ring is 1. The summed E-state index contributed by atoms with van der Waals surface area (Å²) in [6, 6.07) is 4.97. The van der Waals surface area contributed by atoms with Crippen LogP contribution in [0.5, 0.6) is 0 Å². The van der Waals surface area contributed by atoms with Crippen LogP contribution >= 0.6 is 0 Å². The molecule has 3 rings (SSSR count). The Labute approximate surface area is 101 Å². The van der Waals surface area contributed by atoms with Crippen LogP contribution in [0.15, 0.2) is 18.2 Å². The lowest BCUT2D eigenvalue weighted by Gasteiger charge is -2.48. The predicted molar refractivity (Wildman–Crippen MR) is 67.6 cm³/mol. The highest BCUT2D eigenvalue weighted by Crippen LogP contribution is 2.37. The van der Waals surface area contributed by atoms with E-state index in [2.05, 4.69) is 10.2 Å². The molecule has 1 spiro atoms. The molecule has 3 N–H and O–H groups in total. The number of nitrogens with one attached hydrogen (secondary N) is 1. The largest absolute Gasteiger partial charge is 0.399 e. The first kappa shape index (κ1) is 10.8. The summed E-state index contributed by atoms with van der Waals surface area (Å²) >= 11 is 0. The van der Waals surface area contributed by atoms with Crippen LogP contribution in [0.4, 0.5) is 15.8 Å². The van der Waals surface area contributed by atoms with Crippen molar-refractivity contribution in [2.24, 2.45) is 5.41 Å². The van der Waals surface area contributed by atoms with Crippen molar-refractivity contribution in [3.8, 4) is 0 Å². The van der Waals surface area contributed by atoms with Gasteiger partial charge in [-0.1, -0.05) is 0 Å². The van der Waals surface area contributed by atoms with E-state index in [-0.39, 0.29) is 5.82 Å². The normalized spacial score (nSPS) is 22.5. The van der Waals surface area contributed by atoms with Gasteiger partial charge in [0.25, 0.3) is 0 Å². The topological polar surface area (TPSA) is 41.3 Å². The predicted octanol–water partition coefficient (Wildman–Crippen LogP) is 1.60. The lowest BCUT2D eigenvalue weighted by Crippen LogP contribution is -2.58. The lowest BCUT2D eigenvalue weighted by atomic mass is 9.73. The van der Waals surface area contributed by atoms with Gasteiger partial charge in [0, 0.05) is 31.9 Å². The first-order valence-electron chi connectivity index (χ1n) is 6.19. The monoisotopic (exact) mass is 235 g/mol. The third kappa shape index (κ3) is 1.86. The van der Waals surface area contributed by atoms with Gasteiger partial charge in [-0.3, -0.25) is 0 Å². The number of hydrogen-bond donors (Lipinski definition) is 2. The van der Waals surface area contributed by atoms with Crippen LogP contribution in [-0.2, 0) is 0 Å². The average Bonchev–Trinajstić information content (AvgIpc) is 2.27. The summed E-state index contributed by atoms with van der Waals surface area (Å²) in [6.45, 7) is 4.15. The molecule has 0 amide bonds. The van der Waals surface area contributed by atoms with Gasteiger partial charge >= 0.3 is 0 Å². The minimum absolute atomic E-state index is 0.201. The molecule has 92 valence electrons. The van der Waals surface area contributed by atoms with E-state index < -0.39 is 0 Å². The van der Waals surface area contributed by atoms with E-state index >= 15 is 0 Å². The number of nitrogens with two attached hydrogens (primary N) is 1. The molecule has 1 aromatic carbocycles. The molecule has 17 heavy (non-hydrogen) atoms. The van der Waals surface area contributed by atoms with Crippen molar-refractivity contribution in [1.82, 2.24) is 5.32 Å². The van der Waals surface area contributed by atoms with E-state index in [9.17, 15) is 4.39 Å². The fourth-order valence-electron chi connectivity index (χ4n) is 2.83. The lowest BCUT2D eigenvalue weighted by molar-refractivity contribution is 0.126. The standard InChI is InChI=1S/C13H18FN3/c14-11-7-10(15)1-2-12(11)17-5-3-13(4-6-17)8-16-9-13/h1-2,7,16H,3-6,8-9,15H2. The van der Waals surface area contributed by atoms with Gasteiger partial charge in [0.1, 0.15) is 5.82 Å². The average molecular weight is 235 g/mol. The maximum Gasteiger partial charge on any atom is 0.148 e. The molecule has 0 bridgehead atoms. The molecular formula is C13H18FN3. The summed E-state index contributed by atoms with van der Waals surface area (Å²) in [6.07, 6.45) is 2.31. The van der Waals surface area contributed by atoms with Crippen molar-refractivity contribution in [2.75, 3.05) is 36.8 Å². The molecule has 4 heteroatoms. The summed E-state index contributed by atoms with van der Waals surface area (Å²) < 4.78 is 13.8. The van der Waals surface area contributed by atoms with Crippen LogP contribution in [0.3, 0.4) is 0 Å². The van der Waals surface area contributed by atoms with E-state index in [1.807, 2.05) is 0 Å². The fraction of sp³-hybridized carbons (Fsp3) is 0.538. The van der Waals surface area contributed by atoms with Gasteiger partial charge in [-0.15, -0.1) is 0 Å². The molecule has 0 saturated carbocycles. The Bertz CT molecular complexity index is 419. The van der Waals surface area contributed by atoms with Gasteiger partial charge in [0.2, 0.25) is 0 Å². The summed E-state index contributed by atoms with van der Waals surface area (Å²) in [5.74, 6) is -0.201. The molecule has 2 fully saturated rings. The van der Waals surface area contributed by atoms with Crippen LogP contribution in [0.25, 0.3) is 0 Å². The van der Waals surface area contributed by atoms with E-state index in [1.54, 1.807) is 12.1 Å². The Morgan fingerprint density at radius 2 is 1.94 bits per heavy atom. The second kappa shape index (κ2) is 3.88. The number of anilines is 2. The highest BCUT2D eigenvalue weighted by Gasteiger charge is 2.39. The highest BCUT2D eigenvalue weighted by atomic mass is 19.1. The van der Waals surface area contributed by atoms with Crippen molar-refractivity contribution >= 4 is 11.4 Å². The third-order valence-electron chi connectivity index (χ3n) is 4.14. The molecule has 2 heterocycles. The number of rotatable bonds is 1. The second-order valence-electron chi connectivity index (χ2n) is 5.30. The second-order valence-corrected chi connectivity index (χ2v) is 5.30. The maximum atomic E-state index is 13.8. The van der Waals surface area contributed by atoms with Crippen LogP contribution in [-0.4, -0.2) is 26.2 Å². The molecule has 1 aromatic rings. The Hall–Kier alpha value is -1.29. The molecule has 0 aliphatic carbocycles. The van der Waals surface area contributed by atoms with Gasteiger partial charge in [0.15, 0.2) is 0 Å². The van der Waals surface area contributed by atoms with Crippen LogP contribution in [0, 0.1) is 11.2 Å². The molecule has 3 nitrogen and oxygen atoms in total. The van der Waals surface area contributed by atoms with E-state index in [4.69, 9.17) is 5.73 Å². The zero-order chi connectivity index (χ0) is 11.9. The number of nitrogens with zero attached hydrogens (tertiary/aromatic N) is 1. The Balaban J connectivity index is 1.73. The van der Waals surface area contributed by atoms with Gasteiger partial charge in [-0.2, -0.15) is 0 Å². The minimum atomic E-state index is -0.201. The zero-order valence-corrected chi connectivity index (χ0v) is 9.88. The van der Waals surface area contributed by atoms with Crippen molar-refractivity contribution in [1.29, 1.82) is 0 Å². The van der Waals surface area contributed by atoms with Crippen LogP contribution in [0.1, 0.15) is 12.8 Å². The summed E-state index contributed by atoms with van der Waals surface area (Å²) in [5.41, 5.74) is 7.25. The molecule has 0 unspecified atom stereocenters. The Morgan fingerprint density at radius 3 is 2.47 bits per heavy atom. The molecule has 0 atom stereocenters. The van der Waals surface area contributed by atoms with Crippen LogP contribution < -0.4 is 16.0 Å². The molecule has 2 aliphatic heterocycles. The number of hydrogen-bond acceptors (Lipinski definition) is 3. The third-order valence-corrected chi connectivity index (χ3v) is 4.14. The molecule has 0 aromatic heterocycles. The van der Waals surface area contributed by atoms with Crippen molar-refractivity contribution < 1.29 is 4.39 Å². The smallest absolute Gasteiger partial charge is 0.148 e. The van der Waals surface area contributed by atoms with E-state index in [1.165, 1.54) is 6.07 Å². The Kier molecular flexibility index (Phi) is 2.47. The summed E-state index contributed by atoms with van der Waals surface area (Å²) in [5, 5.41) is 3.34. The summed E-state index contributed by atoms with van der Waals surface area (Å²) in [4.78, 5) is 2.14. The number of piperidine rings is 1. The van der Waals surface area contributed by atoms with Crippen molar-refractivity contribution in [3.05, 3.63) is 24.0 Å².